The Morgan fingerprint density at radius 3 is 2.46 bits per heavy atom. The maximum Gasteiger partial charge on any atom is 0.329 e. The van der Waals surface area contributed by atoms with Gasteiger partial charge in [0.2, 0.25) is 11.8 Å². The number of fused-ring (bicyclic) bond motifs is 2. The first-order valence-corrected chi connectivity index (χ1v) is 21.2. The number of methoxy groups -OCH3 is 1. The van der Waals surface area contributed by atoms with Crippen molar-refractivity contribution in [2.75, 3.05) is 32.2 Å². The highest BCUT2D eigenvalue weighted by Crippen LogP contribution is 2.53. The molecule has 5 fully saturated rings. The molecule has 1 saturated heterocycles. The Morgan fingerprint density at radius 2 is 1.80 bits per heavy atom. The fourth-order valence-electron chi connectivity index (χ4n) is 8.91. The Morgan fingerprint density at radius 1 is 1.03 bits per heavy atom. The second-order valence-corrected chi connectivity index (χ2v) is 18.5. The molecule has 0 radical (unpaired) electrons. The first-order valence-electron chi connectivity index (χ1n) is 20.9. The van der Waals surface area contributed by atoms with E-state index in [1.165, 1.54) is 17.6 Å². The van der Waals surface area contributed by atoms with Gasteiger partial charge in [0.25, 0.3) is 6.01 Å². The van der Waals surface area contributed by atoms with E-state index < -0.39 is 52.8 Å². The lowest BCUT2D eigenvalue weighted by Gasteiger charge is -2.35. The topological polar surface area (TPSA) is 192 Å². The molecular weight excluding hydrogens is 782 g/mol. The number of anilines is 1. The van der Waals surface area contributed by atoms with Crippen molar-refractivity contribution >= 4 is 52.3 Å². The van der Waals surface area contributed by atoms with E-state index in [0.29, 0.717) is 77.1 Å². The average molecular weight is 836 g/mol. The molecule has 59 heavy (non-hydrogen) atoms. The van der Waals surface area contributed by atoms with Crippen molar-refractivity contribution in [3.05, 3.63) is 29.5 Å². The first kappa shape index (κ1) is 41.1. The molecule has 16 heteroatoms. The van der Waals surface area contributed by atoms with Crippen LogP contribution in [0.2, 0.25) is 5.02 Å². The summed E-state index contributed by atoms with van der Waals surface area (Å²) in [6, 6.07) is 4.82. The summed E-state index contributed by atoms with van der Waals surface area (Å²) >= 11 is 6.95. The number of pyridine rings is 1. The van der Waals surface area contributed by atoms with Crippen molar-refractivity contribution in [3.8, 4) is 22.9 Å². The fraction of sp³-hybridized carbons (Fsp3) is 0.628. The van der Waals surface area contributed by atoms with Gasteiger partial charge in [-0.3, -0.25) is 14.4 Å². The number of esters is 1. The van der Waals surface area contributed by atoms with Gasteiger partial charge in [-0.1, -0.05) is 45.7 Å². The lowest BCUT2D eigenvalue weighted by atomic mass is 9.77. The van der Waals surface area contributed by atoms with Crippen LogP contribution in [-0.2, 0) is 28.7 Å². The molecule has 15 nitrogen and oxygen atoms in total. The van der Waals surface area contributed by atoms with Crippen molar-refractivity contribution in [2.45, 2.75) is 115 Å². The predicted octanol–water partition coefficient (Wildman–Crippen LogP) is 6.25. The fourth-order valence-corrected chi connectivity index (χ4v) is 9.17. The molecule has 3 heterocycles. The van der Waals surface area contributed by atoms with Gasteiger partial charge in [-0.25, -0.2) is 9.78 Å². The number of carbonyl (C=O) groups excluding carboxylic acids is 3. The number of carboxylic acid groups (broad SMARTS) is 1. The summed E-state index contributed by atoms with van der Waals surface area (Å²) < 4.78 is 29.4. The minimum absolute atomic E-state index is 0.00762. The van der Waals surface area contributed by atoms with E-state index in [4.69, 9.17) is 39.9 Å². The maximum atomic E-state index is 14.8. The summed E-state index contributed by atoms with van der Waals surface area (Å²) in [5.41, 5.74) is -0.867. The van der Waals surface area contributed by atoms with E-state index in [-0.39, 0.29) is 43.0 Å². The van der Waals surface area contributed by atoms with Crippen LogP contribution in [-0.4, -0.2) is 100 Å². The third-order valence-corrected chi connectivity index (χ3v) is 13.1. The smallest absolute Gasteiger partial charge is 0.329 e. The van der Waals surface area contributed by atoms with Gasteiger partial charge in [0, 0.05) is 31.0 Å². The van der Waals surface area contributed by atoms with Crippen LogP contribution in [0.25, 0.3) is 22.3 Å². The summed E-state index contributed by atoms with van der Waals surface area (Å²) in [7, 11) is 1.58. The lowest BCUT2D eigenvalue weighted by Crippen LogP contribution is -2.54. The number of halogens is 1. The van der Waals surface area contributed by atoms with Crippen LogP contribution in [0.5, 0.6) is 11.5 Å². The van der Waals surface area contributed by atoms with Crippen LogP contribution >= 0.6 is 11.6 Å². The number of ether oxygens (including phenoxy) is 4. The number of rotatable bonds is 17. The Hall–Kier alpha value is -4.63. The van der Waals surface area contributed by atoms with Crippen molar-refractivity contribution in [3.63, 3.8) is 0 Å². The molecule has 0 bridgehead atoms. The number of carbonyl (C=O) groups is 4. The Balaban J connectivity index is 1.10. The molecule has 4 saturated carbocycles. The highest BCUT2D eigenvalue weighted by atomic mass is 35.5. The number of benzene rings is 1. The largest absolute Gasteiger partial charge is 0.490 e. The van der Waals surface area contributed by atoms with Gasteiger partial charge in [-0.05, 0) is 73.8 Å². The summed E-state index contributed by atoms with van der Waals surface area (Å²) in [5, 5.41) is 17.1. The van der Waals surface area contributed by atoms with Crippen molar-refractivity contribution < 1.29 is 47.6 Å². The molecule has 2 aromatic heterocycles. The number of nitrogens with zero attached hydrogens (tertiary/aromatic N) is 3. The van der Waals surface area contributed by atoms with Crippen LogP contribution in [0.15, 0.2) is 28.9 Å². The number of hydrogen-bond donors (Lipinski definition) is 3. The van der Waals surface area contributed by atoms with Crippen LogP contribution in [0.3, 0.4) is 0 Å². The predicted molar refractivity (Wildman–Crippen MR) is 216 cm³/mol. The van der Waals surface area contributed by atoms with Crippen LogP contribution in [0.4, 0.5) is 6.01 Å². The molecule has 2 amide bonds. The number of aliphatic carboxylic acids is 1. The quantitative estimate of drug-likeness (QED) is 0.102. The monoisotopic (exact) mass is 835 g/mol. The zero-order chi connectivity index (χ0) is 41.8. The Bertz CT molecular complexity index is 2110. The summed E-state index contributed by atoms with van der Waals surface area (Å²) in [6.45, 7) is 8.15. The Labute approximate surface area is 348 Å². The second kappa shape index (κ2) is 16.1. The number of nitrogens with one attached hydrogen (secondary N) is 2. The molecule has 5 aliphatic rings. The third kappa shape index (κ3) is 8.68. The number of hydrogen-bond acceptors (Lipinski definition) is 12. The van der Waals surface area contributed by atoms with Gasteiger partial charge in [0.05, 0.1) is 36.7 Å². The second-order valence-electron chi connectivity index (χ2n) is 18.1. The molecular formula is C43H54ClN5O10. The van der Waals surface area contributed by atoms with Crippen molar-refractivity contribution in [1.29, 1.82) is 0 Å². The zero-order valence-corrected chi connectivity index (χ0v) is 35.0. The van der Waals surface area contributed by atoms with Gasteiger partial charge in [-0.15, -0.1) is 0 Å². The van der Waals surface area contributed by atoms with E-state index in [1.54, 1.807) is 25.3 Å². The SMILES string of the molecule is CC[C@@H]1C[C@]1(NC(=O)[C@@H]1C[C@@H](Oc2cc(-c3coc(NC4CC4)n3)nc3c(Cl)c(OCCOC)ccc23)CN1C(=O)[C@@H](CC(=O)OC1C[C@@H]2C[C@@H]2C1)C(C)(C)C)C(=O)O. The average Bonchev–Trinajstić information content (AvgIpc) is 4.14. The first-order chi connectivity index (χ1) is 28.2. The van der Waals surface area contributed by atoms with E-state index >= 15 is 0 Å². The molecule has 4 aliphatic carbocycles. The molecule has 1 aromatic carbocycles. The molecule has 1 aliphatic heterocycles. The molecule has 8 atom stereocenters. The molecule has 3 aromatic rings. The normalized spacial score (nSPS) is 27.5. The molecule has 1 unspecified atom stereocenters. The van der Waals surface area contributed by atoms with E-state index in [2.05, 4.69) is 15.6 Å². The number of aromatic nitrogens is 2. The minimum Gasteiger partial charge on any atom is -0.490 e. The van der Waals surface area contributed by atoms with Gasteiger partial charge < -0.3 is 44.0 Å². The number of amides is 2. The summed E-state index contributed by atoms with van der Waals surface area (Å²) in [4.78, 5) is 65.9. The zero-order valence-electron chi connectivity index (χ0n) is 34.3. The van der Waals surface area contributed by atoms with Gasteiger partial charge in [-0.2, -0.15) is 4.98 Å². The third-order valence-electron chi connectivity index (χ3n) is 12.7. The lowest BCUT2D eigenvalue weighted by molar-refractivity contribution is -0.157. The molecule has 8 rings (SSSR count). The van der Waals surface area contributed by atoms with Gasteiger partial charge in [0.15, 0.2) is 0 Å². The standard InChI is InChI=1S/C43H54ClN5O10/c1-6-24-19-43(24,40(53)54)48-38(51)32-16-27(20-49(32)39(52)29(42(2,3)4)17-35(50)59-26-14-22-13-23(22)15-26)58-34-18-30(31-21-57-41(47-31)45-25-7-8-25)46-37-28(34)9-10-33(36(37)44)56-12-11-55-5/h9-10,18,21-27,29,32H,6-8,11-17,19-20H2,1-5H3,(H,45,47)(H,48,51)(H,53,54)/t22-,23+,24-,26?,27-,29-,32+,43-/m1/s1. The summed E-state index contributed by atoms with van der Waals surface area (Å²) in [6.07, 6.45) is 6.38. The highest BCUT2D eigenvalue weighted by Gasteiger charge is 2.61. The highest BCUT2D eigenvalue weighted by molar-refractivity contribution is 6.36. The number of oxazole rings is 1. The van der Waals surface area contributed by atoms with Crippen molar-refractivity contribution in [2.24, 2.45) is 29.1 Å². The van der Waals surface area contributed by atoms with E-state index in [9.17, 15) is 24.3 Å². The number of carboxylic acids is 1. The van der Waals surface area contributed by atoms with Crippen LogP contribution in [0, 0.1) is 29.1 Å². The van der Waals surface area contributed by atoms with Gasteiger partial charge in [0.1, 0.15) is 58.9 Å². The van der Waals surface area contributed by atoms with Crippen LogP contribution < -0.4 is 20.1 Å². The maximum absolute atomic E-state index is 14.8. The Kier molecular flexibility index (Phi) is 11.2. The van der Waals surface area contributed by atoms with Gasteiger partial charge >= 0.3 is 11.9 Å². The van der Waals surface area contributed by atoms with Crippen molar-refractivity contribution in [1.82, 2.24) is 20.2 Å². The van der Waals surface area contributed by atoms with E-state index in [1.807, 2.05) is 27.7 Å². The van der Waals surface area contributed by atoms with Crippen LogP contribution in [0.1, 0.15) is 85.5 Å². The molecule has 318 valence electrons. The van der Waals surface area contributed by atoms with E-state index in [0.717, 1.165) is 25.7 Å². The number of likely N-dealkylation sites (tertiary alicyclic amines) is 1. The summed E-state index contributed by atoms with van der Waals surface area (Å²) in [5.74, 6) is -1.57. The molecule has 3 N–H and O–H groups in total. The minimum atomic E-state index is -1.41. The molecule has 0 spiro atoms.